The van der Waals surface area contributed by atoms with Gasteiger partial charge in [-0.3, -0.25) is 0 Å². The Morgan fingerprint density at radius 1 is 1.03 bits per heavy atom. The first-order valence-corrected chi connectivity index (χ1v) is 9.54. The van der Waals surface area contributed by atoms with Gasteiger partial charge in [0.15, 0.2) is 6.29 Å². The van der Waals surface area contributed by atoms with Crippen LogP contribution in [0, 0.1) is 0 Å². The van der Waals surface area contributed by atoms with Crippen LogP contribution in [0.1, 0.15) is 25.5 Å². The van der Waals surface area contributed by atoms with Crippen LogP contribution in [0.5, 0.6) is 5.75 Å². The van der Waals surface area contributed by atoms with Crippen molar-refractivity contribution in [1.82, 2.24) is 0 Å². The van der Waals surface area contributed by atoms with Crippen LogP contribution >= 0.6 is 0 Å². The van der Waals surface area contributed by atoms with Crippen molar-refractivity contribution in [1.29, 1.82) is 0 Å². The molecular formula is C20H24O10. The quantitative estimate of drug-likeness (QED) is 0.394. The fourth-order valence-electron chi connectivity index (χ4n) is 3.94. The first kappa shape index (κ1) is 21.2. The van der Waals surface area contributed by atoms with E-state index in [9.17, 15) is 30.3 Å². The molecule has 2 aliphatic rings. The minimum absolute atomic E-state index is 0.144. The summed E-state index contributed by atoms with van der Waals surface area (Å²) in [5, 5.41) is 51.3. The number of hydrogen-bond donors (Lipinski definition) is 5. The monoisotopic (exact) mass is 424 g/mol. The largest absolute Gasteiger partial charge is 0.484 e. The van der Waals surface area contributed by atoms with E-state index >= 15 is 0 Å². The summed E-state index contributed by atoms with van der Waals surface area (Å²) in [4.78, 5) is 11.7. The lowest BCUT2D eigenvalue weighted by Gasteiger charge is -2.46. The Labute approximate surface area is 170 Å². The third kappa shape index (κ3) is 3.40. The first-order chi connectivity index (χ1) is 14.1. The second-order valence-corrected chi connectivity index (χ2v) is 8.05. The molecule has 5 N–H and O–H groups in total. The Hall–Kier alpha value is -2.05. The van der Waals surface area contributed by atoms with Gasteiger partial charge in [-0.05, 0) is 32.0 Å². The molecule has 4 rings (SSSR count). The number of ether oxygens (including phenoxy) is 3. The molecule has 164 valence electrons. The molecule has 0 spiro atoms. The summed E-state index contributed by atoms with van der Waals surface area (Å²) in [6.45, 7) is 2.69. The van der Waals surface area contributed by atoms with Crippen LogP contribution in [0.2, 0.25) is 0 Å². The number of benzene rings is 1. The maximum atomic E-state index is 11.7. The van der Waals surface area contributed by atoms with Gasteiger partial charge >= 0.3 is 5.63 Å². The Bertz CT molecular complexity index is 983. The van der Waals surface area contributed by atoms with Crippen LogP contribution < -0.4 is 10.4 Å². The minimum Gasteiger partial charge on any atom is -0.484 e. The lowest BCUT2D eigenvalue weighted by atomic mass is 9.87. The second kappa shape index (κ2) is 7.57. The second-order valence-electron chi connectivity index (χ2n) is 8.05. The van der Waals surface area contributed by atoms with Gasteiger partial charge in [0.2, 0.25) is 0 Å². The van der Waals surface area contributed by atoms with E-state index in [2.05, 4.69) is 0 Å². The van der Waals surface area contributed by atoms with E-state index in [0.717, 1.165) is 0 Å². The molecule has 0 saturated carbocycles. The van der Waals surface area contributed by atoms with E-state index in [4.69, 9.17) is 18.6 Å². The maximum absolute atomic E-state index is 11.7. The molecule has 1 aromatic carbocycles. The van der Waals surface area contributed by atoms with Crippen molar-refractivity contribution in [3.05, 3.63) is 40.2 Å². The zero-order valence-corrected chi connectivity index (χ0v) is 16.3. The molecule has 1 aromatic heterocycles. The van der Waals surface area contributed by atoms with E-state index < -0.39 is 60.7 Å². The highest BCUT2D eigenvalue weighted by Gasteiger charge is 2.51. The van der Waals surface area contributed by atoms with Gasteiger partial charge in [-0.25, -0.2) is 4.79 Å². The van der Waals surface area contributed by atoms with Gasteiger partial charge in [-0.15, -0.1) is 0 Å². The SMILES string of the molecule is CC1(C)Oc2ccc3ccc(=O)oc3c2[C@H](O)[C@H]1O[C@@H]1O[C@H](CO)[C@@H](O)[C@H](O)[C@H]1O. The van der Waals surface area contributed by atoms with Crippen molar-refractivity contribution in [3.8, 4) is 5.75 Å². The van der Waals surface area contributed by atoms with E-state index in [1.807, 2.05) is 0 Å². The first-order valence-electron chi connectivity index (χ1n) is 9.54. The molecule has 0 aliphatic carbocycles. The van der Waals surface area contributed by atoms with Gasteiger partial charge in [-0.2, -0.15) is 0 Å². The van der Waals surface area contributed by atoms with Gasteiger partial charge in [0.25, 0.3) is 0 Å². The third-order valence-corrected chi connectivity index (χ3v) is 5.56. The number of aliphatic hydroxyl groups is 5. The van der Waals surface area contributed by atoms with Crippen LogP contribution in [-0.4, -0.2) is 74.6 Å². The molecule has 0 unspecified atom stereocenters. The van der Waals surface area contributed by atoms with Gasteiger partial charge in [0.1, 0.15) is 53.6 Å². The van der Waals surface area contributed by atoms with E-state index in [1.165, 1.54) is 6.07 Å². The zero-order valence-electron chi connectivity index (χ0n) is 16.3. The smallest absolute Gasteiger partial charge is 0.336 e. The Kier molecular flexibility index (Phi) is 5.35. The van der Waals surface area contributed by atoms with Crippen LogP contribution in [0.3, 0.4) is 0 Å². The van der Waals surface area contributed by atoms with Crippen molar-refractivity contribution in [2.75, 3.05) is 6.61 Å². The van der Waals surface area contributed by atoms with Crippen molar-refractivity contribution >= 4 is 11.0 Å². The topological polar surface area (TPSA) is 159 Å². The van der Waals surface area contributed by atoms with Crippen LogP contribution in [-0.2, 0) is 9.47 Å². The summed E-state index contributed by atoms with van der Waals surface area (Å²) in [6, 6.07) is 6.16. The summed E-state index contributed by atoms with van der Waals surface area (Å²) in [5.74, 6) is 0.308. The molecule has 2 aliphatic heterocycles. The molecule has 30 heavy (non-hydrogen) atoms. The third-order valence-electron chi connectivity index (χ3n) is 5.56. The number of hydrogen-bond acceptors (Lipinski definition) is 10. The average molecular weight is 424 g/mol. The van der Waals surface area contributed by atoms with E-state index in [-0.39, 0.29) is 11.1 Å². The zero-order chi connectivity index (χ0) is 21.8. The predicted molar refractivity (Wildman–Crippen MR) is 101 cm³/mol. The molecule has 1 fully saturated rings. The minimum atomic E-state index is -1.64. The highest BCUT2D eigenvalue weighted by atomic mass is 16.7. The van der Waals surface area contributed by atoms with Crippen molar-refractivity contribution in [2.45, 2.75) is 62.4 Å². The highest BCUT2D eigenvalue weighted by molar-refractivity contribution is 5.83. The maximum Gasteiger partial charge on any atom is 0.336 e. The molecule has 10 heteroatoms. The van der Waals surface area contributed by atoms with Crippen molar-refractivity contribution in [2.24, 2.45) is 0 Å². The van der Waals surface area contributed by atoms with Crippen molar-refractivity contribution in [3.63, 3.8) is 0 Å². The molecule has 10 nitrogen and oxygen atoms in total. The summed E-state index contributed by atoms with van der Waals surface area (Å²) in [5.41, 5.74) is -1.36. The molecule has 0 radical (unpaired) electrons. The predicted octanol–water partition coefficient (Wildman–Crippen LogP) is -0.818. The molecule has 0 amide bonds. The fraction of sp³-hybridized carbons (Fsp3) is 0.550. The van der Waals surface area contributed by atoms with Crippen LogP contribution in [0.4, 0.5) is 0 Å². The van der Waals surface area contributed by atoms with E-state index in [1.54, 1.807) is 32.0 Å². The van der Waals surface area contributed by atoms with Crippen LogP contribution in [0.15, 0.2) is 33.5 Å². The standard InChI is InChI=1S/C20H24O10/c1-20(2)18(29-19-16(26)15(25)13(23)10(7-21)27-19)14(24)12-9(30-20)5-3-8-4-6-11(22)28-17(8)12/h3-6,10,13-16,18-19,21,23-26H,7H2,1-2H3/t10-,13-,14+,15+,16-,18-,19+/m1/s1. The van der Waals surface area contributed by atoms with Gasteiger partial charge in [-0.1, -0.05) is 0 Å². The summed E-state index contributed by atoms with van der Waals surface area (Å²) >= 11 is 0. The molecule has 7 atom stereocenters. The molecule has 0 bridgehead atoms. The molecule has 2 aromatic rings. The Morgan fingerprint density at radius 2 is 1.73 bits per heavy atom. The average Bonchev–Trinajstić information content (AvgIpc) is 2.69. The van der Waals surface area contributed by atoms with Crippen LogP contribution in [0.25, 0.3) is 11.0 Å². The Balaban J connectivity index is 1.71. The van der Waals surface area contributed by atoms with Gasteiger partial charge < -0.3 is 44.2 Å². The molecular weight excluding hydrogens is 400 g/mol. The lowest BCUT2D eigenvalue weighted by molar-refractivity contribution is -0.330. The highest BCUT2D eigenvalue weighted by Crippen LogP contribution is 2.45. The number of aliphatic hydroxyl groups excluding tert-OH is 5. The summed E-state index contributed by atoms with van der Waals surface area (Å²) in [7, 11) is 0. The molecule has 3 heterocycles. The normalized spacial score (nSPS) is 35.6. The summed E-state index contributed by atoms with van der Waals surface area (Å²) < 4.78 is 22.5. The lowest BCUT2D eigenvalue weighted by Crippen LogP contribution is -2.62. The van der Waals surface area contributed by atoms with Gasteiger partial charge in [0, 0.05) is 11.5 Å². The molecule has 1 saturated heterocycles. The summed E-state index contributed by atoms with van der Waals surface area (Å²) in [6.07, 6.45) is -9.90. The number of fused-ring (bicyclic) bond motifs is 3. The fourth-order valence-corrected chi connectivity index (χ4v) is 3.94. The van der Waals surface area contributed by atoms with E-state index in [0.29, 0.717) is 11.1 Å². The van der Waals surface area contributed by atoms with Crippen molar-refractivity contribution < 1.29 is 44.2 Å². The van der Waals surface area contributed by atoms with Gasteiger partial charge in [0.05, 0.1) is 12.2 Å². The number of rotatable bonds is 3. The Morgan fingerprint density at radius 3 is 2.43 bits per heavy atom.